The van der Waals surface area contributed by atoms with Gasteiger partial charge in [-0.3, -0.25) is 19.3 Å². The van der Waals surface area contributed by atoms with Gasteiger partial charge in [-0.25, -0.2) is 14.1 Å². The first kappa shape index (κ1) is 15.0. The fraction of sp³-hybridized carbons (Fsp3) is 0.0625. The van der Waals surface area contributed by atoms with Crippen LogP contribution in [0.15, 0.2) is 41.2 Å². The summed E-state index contributed by atoms with van der Waals surface area (Å²) in [6.07, 6.45) is 0. The third-order valence-corrected chi connectivity index (χ3v) is 4.25. The van der Waals surface area contributed by atoms with Crippen LogP contribution in [0, 0.1) is 5.82 Å². The zero-order chi connectivity index (χ0) is 16.8. The van der Waals surface area contributed by atoms with Gasteiger partial charge in [0.1, 0.15) is 5.82 Å². The molecular weight excluding hydrogens is 331 g/mol. The van der Waals surface area contributed by atoms with Crippen LogP contribution in [0.1, 0.15) is 21.7 Å². The number of benzene rings is 2. The van der Waals surface area contributed by atoms with Gasteiger partial charge in [0.05, 0.1) is 22.2 Å². The van der Waals surface area contributed by atoms with Crippen molar-refractivity contribution in [1.29, 1.82) is 0 Å². The van der Waals surface area contributed by atoms with E-state index in [1.54, 1.807) is 18.2 Å². The smallest absolute Gasteiger partial charge is 0.266 e. The van der Waals surface area contributed by atoms with E-state index in [1.807, 2.05) is 0 Å². The Morgan fingerprint density at radius 2 is 2.04 bits per heavy atom. The van der Waals surface area contributed by atoms with E-state index in [1.165, 1.54) is 16.7 Å². The molecule has 1 aromatic heterocycles. The van der Waals surface area contributed by atoms with Crippen molar-refractivity contribution in [3.63, 3.8) is 0 Å². The molecule has 1 aliphatic heterocycles. The number of aromatic nitrogens is 2. The Hall–Kier alpha value is -2.55. The lowest BCUT2D eigenvalue weighted by Crippen LogP contribution is -2.21. The quantitative estimate of drug-likeness (QED) is 0.551. The zero-order valence-corrected chi connectivity index (χ0v) is 13.1. The number of carbonyl (C=O) groups is 1. The summed E-state index contributed by atoms with van der Waals surface area (Å²) >= 11 is 0.993. The summed E-state index contributed by atoms with van der Waals surface area (Å²) < 4.78 is 17.6. The third kappa shape index (κ3) is 2.15. The van der Waals surface area contributed by atoms with Gasteiger partial charge in [0.15, 0.2) is 5.82 Å². The summed E-state index contributed by atoms with van der Waals surface area (Å²) in [6, 6.07) is 8.97. The van der Waals surface area contributed by atoms with Crippen molar-refractivity contribution >= 4 is 28.8 Å². The number of carbonyl (C=O) groups excluding carboxylic acids is 1. The molecular formula is C16H11FN4O2S. The van der Waals surface area contributed by atoms with Crippen LogP contribution in [0.25, 0.3) is 16.6 Å². The summed E-state index contributed by atoms with van der Waals surface area (Å²) in [5.41, 5.74) is 1.47. The van der Waals surface area contributed by atoms with Crippen molar-refractivity contribution in [2.75, 3.05) is 0 Å². The second kappa shape index (κ2) is 5.52. The highest BCUT2D eigenvalue weighted by atomic mass is 32.2. The molecule has 0 aliphatic carbocycles. The molecule has 0 unspecified atom stereocenters. The van der Waals surface area contributed by atoms with Crippen LogP contribution >= 0.6 is 12.1 Å². The van der Waals surface area contributed by atoms with E-state index in [2.05, 4.69) is 9.71 Å². The predicted molar refractivity (Wildman–Crippen MR) is 89.3 cm³/mol. The molecule has 0 amide bonds. The molecule has 2 aromatic carbocycles. The fourth-order valence-corrected chi connectivity index (χ4v) is 3.10. The topological polar surface area (TPSA) is 90.0 Å². The van der Waals surface area contributed by atoms with Crippen LogP contribution in [0.5, 0.6) is 0 Å². The minimum atomic E-state index is -0.528. The Bertz CT molecular complexity index is 1060. The van der Waals surface area contributed by atoms with Gasteiger partial charge < -0.3 is 0 Å². The summed E-state index contributed by atoms with van der Waals surface area (Å²) in [5, 5.41) is 5.72. The molecule has 0 radical (unpaired) electrons. The monoisotopic (exact) mass is 342 g/mol. The van der Waals surface area contributed by atoms with E-state index in [9.17, 15) is 14.0 Å². The molecule has 0 atom stereocenters. The molecule has 2 heterocycles. The van der Waals surface area contributed by atoms with E-state index in [0.717, 1.165) is 23.8 Å². The van der Waals surface area contributed by atoms with Gasteiger partial charge in [-0.1, -0.05) is 6.07 Å². The van der Waals surface area contributed by atoms with Gasteiger partial charge in [-0.15, -0.1) is 0 Å². The molecule has 3 aromatic rings. The van der Waals surface area contributed by atoms with Crippen LogP contribution in [-0.2, 0) is 6.54 Å². The second-order valence-electron chi connectivity index (χ2n) is 5.36. The van der Waals surface area contributed by atoms with Crippen molar-refractivity contribution < 1.29 is 9.18 Å². The number of fused-ring (bicyclic) bond motifs is 4. The van der Waals surface area contributed by atoms with Gasteiger partial charge in [-0.05, 0) is 35.9 Å². The van der Waals surface area contributed by atoms with Gasteiger partial charge >= 0.3 is 0 Å². The normalized spacial score (nSPS) is 12.5. The summed E-state index contributed by atoms with van der Waals surface area (Å²) in [4.78, 5) is 29.6. The van der Waals surface area contributed by atoms with Crippen LogP contribution in [0.2, 0.25) is 0 Å². The average molecular weight is 342 g/mol. The second-order valence-corrected chi connectivity index (χ2v) is 5.88. The molecule has 6 nitrogen and oxygen atoms in total. The Labute approximate surface area is 139 Å². The summed E-state index contributed by atoms with van der Waals surface area (Å²) in [6.45, 7) is 0.497. The first-order chi connectivity index (χ1) is 11.6. The van der Waals surface area contributed by atoms with Crippen LogP contribution < -0.4 is 15.4 Å². The van der Waals surface area contributed by atoms with Gasteiger partial charge in [0.2, 0.25) is 5.78 Å². The third-order valence-electron chi connectivity index (χ3n) is 3.94. The fourth-order valence-electron chi connectivity index (χ4n) is 2.85. The Morgan fingerprint density at radius 1 is 1.21 bits per heavy atom. The minimum Gasteiger partial charge on any atom is -0.285 e. The molecule has 4 rings (SSSR count). The molecule has 3 N–H and O–H groups in total. The number of nitrogens with zero attached hydrogens (tertiary/aromatic N) is 2. The molecule has 24 heavy (non-hydrogen) atoms. The van der Waals surface area contributed by atoms with Crippen molar-refractivity contribution in [3.05, 3.63) is 69.5 Å². The molecule has 0 saturated heterocycles. The molecule has 0 fully saturated rings. The number of ketones is 1. The lowest BCUT2D eigenvalue weighted by Gasteiger charge is -2.07. The van der Waals surface area contributed by atoms with E-state index >= 15 is 0 Å². The maximum atomic E-state index is 13.4. The maximum Gasteiger partial charge on any atom is 0.266 e. The lowest BCUT2D eigenvalue weighted by atomic mass is 10.1. The molecule has 0 bridgehead atoms. The number of rotatable bonds is 3. The molecule has 0 spiro atoms. The Balaban J connectivity index is 1.96. The minimum absolute atomic E-state index is 0.00593. The number of hydrogen-bond donors (Lipinski definition) is 2. The van der Waals surface area contributed by atoms with Crippen molar-refractivity contribution in [2.45, 2.75) is 6.54 Å². The zero-order valence-electron chi connectivity index (χ0n) is 12.2. The van der Waals surface area contributed by atoms with E-state index in [0.29, 0.717) is 23.1 Å². The van der Waals surface area contributed by atoms with Gasteiger partial charge in [0, 0.05) is 18.7 Å². The van der Waals surface area contributed by atoms with Gasteiger partial charge in [-0.2, -0.15) is 0 Å². The number of hydrogen-bond acceptors (Lipinski definition) is 6. The number of nitrogens with two attached hydrogens (primary N) is 1. The van der Waals surface area contributed by atoms with E-state index in [-0.39, 0.29) is 16.9 Å². The van der Waals surface area contributed by atoms with E-state index in [4.69, 9.17) is 5.14 Å². The predicted octanol–water partition coefficient (Wildman–Crippen LogP) is 1.68. The first-order valence-corrected chi connectivity index (χ1v) is 7.97. The van der Waals surface area contributed by atoms with E-state index < -0.39 is 11.6 Å². The highest BCUT2D eigenvalue weighted by Crippen LogP contribution is 2.27. The first-order valence-electron chi connectivity index (χ1n) is 7.09. The summed E-state index contributed by atoms with van der Waals surface area (Å²) in [7, 11) is 0. The molecule has 8 heteroatoms. The van der Waals surface area contributed by atoms with Crippen molar-refractivity contribution in [2.24, 2.45) is 5.14 Å². The number of halogens is 1. The average Bonchev–Trinajstić information content (AvgIpc) is 2.85. The SMILES string of the molecule is NSNCc1ccc2c(=O)n3c(nc2c1)C(=O)c1cc(F)ccc1-3. The van der Waals surface area contributed by atoms with Crippen LogP contribution in [0.4, 0.5) is 4.39 Å². The molecule has 1 aliphatic rings. The summed E-state index contributed by atoms with van der Waals surface area (Å²) in [5.74, 6) is -0.976. The molecule has 120 valence electrons. The van der Waals surface area contributed by atoms with Gasteiger partial charge in [0.25, 0.3) is 5.56 Å². The lowest BCUT2D eigenvalue weighted by molar-refractivity contribution is 0.103. The molecule has 0 saturated carbocycles. The Kier molecular flexibility index (Phi) is 3.45. The standard InChI is InChI=1S/C16H11FN4O2S/c17-9-2-4-13-11(6-9)14(22)15-20-12-5-8(7-19-24-18)1-3-10(12)16(23)21(13)15/h1-6,19H,7,18H2. The largest absolute Gasteiger partial charge is 0.285 e. The van der Waals surface area contributed by atoms with Crippen molar-refractivity contribution in [3.8, 4) is 5.69 Å². The van der Waals surface area contributed by atoms with Crippen molar-refractivity contribution in [1.82, 2.24) is 14.3 Å². The van der Waals surface area contributed by atoms with Crippen LogP contribution in [0.3, 0.4) is 0 Å². The number of nitrogens with one attached hydrogen (secondary N) is 1. The Morgan fingerprint density at radius 3 is 2.83 bits per heavy atom. The van der Waals surface area contributed by atoms with Crippen LogP contribution in [-0.4, -0.2) is 15.3 Å². The maximum absolute atomic E-state index is 13.4. The highest BCUT2D eigenvalue weighted by Gasteiger charge is 2.30. The highest BCUT2D eigenvalue weighted by molar-refractivity contribution is 7.95.